The molecule has 2 aliphatic heterocycles. The molecule has 0 radical (unpaired) electrons. The molecule has 1 N–H and O–H groups in total. The van der Waals surface area contributed by atoms with E-state index in [0.717, 1.165) is 43.9 Å². The van der Waals surface area contributed by atoms with Crippen LogP contribution >= 0.6 is 0 Å². The highest BCUT2D eigenvalue weighted by Crippen LogP contribution is 2.30. The number of nitrogens with one attached hydrogen (secondary N) is 1. The fourth-order valence-electron chi connectivity index (χ4n) is 3.49. The minimum absolute atomic E-state index is 0.390. The quantitative estimate of drug-likeness (QED) is 0.791. The molecule has 0 spiro atoms. The molecule has 0 amide bonds. The topological polar surface area (TPSA) is 78.0 Å². The summed E-state index contributed by atoms with van der Waals surface area (Å²) in [7, 11) is 0. The van der Waals surface area contributed by atoms with Gasteiger partial charge >= 0.3 is 0 Å². The van der Waals surface area contributed by atoms with Crippen LogP contribution in [0.25, 0.3) is 23.0 Å². The predicted octanol–water partition coefficient (Wildman–Crippen LogP) is 2.46. The van der Waals surface area contributed by atoms with Crippen molar-refractivity contribution < 1.29 is 9.26 Å². The van der Waals surface area contributed by atoms with Crippen molar-refractivity contribution in [2.45, 2.75) is 25.3 Å². The second kappa shape index (κ2) is 6.00. The minimum Gasteiger partial charge on any atom is -0.493 e. The zero-order valence-electron chi connectivity index (χ0n) is 13.8. The third-order valence-electron chi connectivity index (χ3n) is 4.85. The van der Waals surface area contributed by atoms with Gasteiger partial charge in [-0.25, -0.2) is 0 Å². The molecule has 1 saturated heterocycles. The number of ether oxygens (including phenoxy) is 1. The number of aromatic nitrogens is 4. The summed E-state index contributed by atoms with van der Waals surface area (Å²) in [6.07, 6.45) is 5.23. The molecule has 5 rings (SSSR count). The highest BCUT2D eigenvalue weighted by molar-refractivity contribution is 5.61. The zero-order chi connectivity index (χ0) is 16.6. The Morgan fingerprint density at radius 2 is 2.24 bits per heavy atom. The van der Waals surface area contributed by atoms with Crippen molar-refractivity contribution in [3.05, 3.63) is 36.0 Å². The molecule has 128 valence electrons. The molecule has 2 aliphatic rings. The van der Waals surface area contributed by atoms with E-state index in [1.54, 1.807) is 0 Å². The van der Waals surface area contributed by atoms with Crippen LogP contribution in [0.2, 0.25) is 0 Å². The van der Waals surface area contributed by atoms with Crippen LogP contribution in [0.1, 0.15) is 24.4 Å². The first-order chi connectivity index (χ1) is 12.4. The summed E-state index contributed by atoms with van der Waals surface area (Å²) in [4.78, 5) is 4.52. The lowest BCUT2D eigenvalue weighted by molar-refractivity contribution is 0.346. The van der Waals surface area contributed by atoms with E-state index in [0.29, 0.717) is 23.5 Å². The standard InChI is InChI=1S/C18H19N5O2/c1-2-14(11-19-7-1)23-8-5-15(21-23)18-20-17(22-25-18)13-3-4-16-12(10-13)6-9-24-16/h3-5,8,10,14,19H,1-2,6-7,9,11H2. The van der Waals surface area contributed by atoms with E-state index in [1.165, 1.54) is 12.0 Å². The summed E-state index contributed by atoms with van der Waals surface area (Å²) in [6, 6.07) is 8.33. The number of hydrogen-bond acceptors (Lipinski definition) is 6. The van der Waals surface area contributed by atoms with E-state index in [2.05, 4.69) is 26.6 Å². The Morgan fingerprint density at radius 1 is 1.24 bits per heavy atom. The maximum Gasteiger partial charge on any atom is 0.278 e. The molecule has 0 aliphatic carbocycles. The molecule has 2 aromatic heterocycles. The van der Waals surface area contributed by atoms with E-state index in [9.17, 15) is 0 Å². The number of nitrogens with zero attached hydrogens (tertiary/aromatic N) is 4. The van der Waals surface area contributed by atoms with Gasteiger partial charge in [-0.3, -0.25) is 4.68 Å². The second-order valence-electron chi connectivity index (χ2n) is 6.53. The first-order valence-electron chi connectivity index (χ1n) is 8.73. The minimum atomic E-state index is 0.390. The number of fused-ring (bicyclic) bond motifs is 1. The molecule has 7 nitrogen and oxygen atoms in total. The van der Waals surface area contributed by atoms with Crippen LogP contribution in [0.3, 0.4) is 0 Å². The maximum atomic E-state index is 5.54. The lowest BCUT2D eigenvalue weighted by Crippen LogP contribution is -2.31. The summed E-state index contributed by atoms with van der Waals surface area (Å²) in [5.41, 5.74) is 2.85. The Balaban J connectivity index is 1.40. The predicted molar refractivity (Wildman–Crippen MR) is 91.3 cm³/mol. The van der Waals surface area contributed by atoms with E-state index in [4.69, 9.17) is 9.26 Å². The Morgan fingerprint density at radius 3 is 3.16 bits per heavy atom. The van der Waals surface area contributed by atoms with Crippen molar-refractivity contribution in [1.82, 2.24) is 25.2 Å². The Bertz CT molecular complexity index is 895. The van der Waals surface area contributed by atoms with Gasteiger partial charge in [0.25, 0.3) is 5.89 Å². The van der Waals surface area contributed by atoms with Gasteiger partial charge in [-0.15, -0.1) is 0 Å². The number of rotatable bonds is 3. The van der Waals surface area contributed by atoms with Gasteiger partial charge < -0.3 is 14.6 Å². The maximum absolute atomic E-state index is 5.54. The van der Waals surface area contributed by atoms with Crippen molar-refractivity contribution in [3.8, 4) is 28.7 Å². The molecular formula is C18H19N5O2. The molecule has 7 heteroatoms. The van der Waals surface area contributed by atoms with Crippen LogP contribution in [-0.4, -0.2) is 39.6 Å². The first kappa shape index (κ1) is 14.7. The third-order valence-corrected chi connectivity index (χ3v) is 4.85. The lowest BCUT2D eigenvalue weighted by atomic mass is 10.1. The van der Waals surface area contributed by atoms with Crippen LogP contribution in [-0.2, 0) is 6.42 Å². The summed E-state index contributed by atoms with van der Waals surface area (Å²) in [5.74, 6) is 1.99. The van der Waals surface area contributed by atoms with Crippen LogP contribution < -0.4 is 10.1 Å². The SMILES string of the molecule is c1cc2c(cc1-c1noc(-c3ccn(C4CCCNC4)n3)n1)CCO2. The molecule has 1 fully saturated rings. The normalized spacial score (nSPS) is 19.6. The van der Waals surface area contributed by atoms with Gasteiger partial charge in [0, 0.05) is 24.7 Å². The molecule has 0 bridgehead atoms. The van der Waals surface area contributed by atoms with E-state index in [-0.39, 0.29) is 0 Å². The van der Waals surface area contributed by atoms with Crippen molar-refractivity contribution in [2.24, 2.45) is 0 Å². The molecule has 1 aromatic carbocycles. The summed E-state index contributed by atoms with van der Waals surface area (Å²) in [5, 5.41) is 12.2. The van der Waals surface area contributed by atoms with Crippen molar-refractivity contribution in [2.75, 3.05) is 19.7 Å². The van der Waals surface area contributed by atoms with Crippen molar-refractivity contribution in [1.29, 1.82) is 0 Å². The summed E-state index contributed by atoms with van der Waals surface area (Å²) >= 11 is 0. The number of benzene rings is 1. The van der Waals surface area contributed by atoms with E-state index >= 15 is 0 Å². The molecule has 3 aromatic rings. The van der Waals surface area contributed by atoms with Gasteiger partial charge in [0.1, 0.15) is 5.75 Å². The summed E-state index contributed by atoms with van der Waals surface area (Å²) in [6.45, 7) is 2.78. The van der Waals surface area contributed by atoms with Crippen LogP contribution in [0.5, 0.6) is 5.75 Å². The zero-order valence-corrected chi connectivity index (χ0v) is 13.8. The molecule has 0 saturated carbocycles. The van der Waals surface area contributed by atoms with Gasteiger partial charge in [0.05, 0.1) is 12.6 Å². The van der Waals surface area contributed by atoms with Crippen molar-refractivity contribution >= 4 is 0 Å². The van der Waals surface area contributed by atoms with Crippen molar-refractivity contribution in [3.63, 3.8) is 0 Å². The highest BCUT2D eigenvalue weighted by atomic mass is 16.5. The van der Waals surface area contributed by atoms with Crippen LogP contribution in [0.4, 0.5) is 0 Å². The van der Waals surface area contributed by atoms with Gasteiger partial charge in [0.15, 0.2) is 5.69 Å². The molecule has 1 unspecified atom stereocenters. The third kappa shape index (κ3) is 2.70. The number of hydrogen-bond donors (Lipinski definition) is 1. The fraction of sp³-hybridized carbons (Fsp3) is 0.389. The van der Waals surface area contributed by atoms with Gasteiger partial charge in [0.2, 0.25) is 5.82 Å². The highest BCUT2D eigenvalue weighted by Gasteiger charge is 2.19. The smallest absolute Gasteiger partial charge is 0.278 e. The van der Waals surface area contributed by atoms with Gasteiger partial charge in [-0.2, -0.15) is 10.1 Å². The van der Waals surface area contributed by atoms with Crippen LogP contribution in [0, 0.1) is 0 Å². The molecule has 1 atom stereocenters. The lowest BCUT2D eigenvalue weighted by Gasteiger charge is -2.22. The fourth-order valence-corrected chi connectivity index (χ4v) is 3.49. The molecule has 25 heavy (non-hydrogen) atoms. The summed E-state index contributed by atoms with van der Waals surface area (Å²) < 4.78 is 13.0. The monoisotopic (exact) mass is 337 g/mol. The van der Waals surface area contributed by atoms with E-state index in [1.807, 2.05) is 29.1 Å². The Labute approximate surface area is 145 Å². The van der Waals surface area contributed by atoms with E-state index < -0.39 is 0 Å². The molecular weight excluding hydrogens is 318 g/mol. The second-order valence-corrected chi connectivity index (χ2v) is 6.53. The first-order valence-corrected chi connectivity index (χ1v) is 8.73. The van der Waals surface area contributed by atoms with Crippen LogP contribution in [0.15, 0.2) is 35.0 Å². The average molecular weight is 337 g/mol. The Kier molecular flexibility index (Phi) is 3.52. The van der Waals surface area contributed by atoms with Gasteiger partial charge in [-0.05, 0) is 49.2 Å². The number of piperidine rings is 1. The molecule has 4 heterocycles. The largest absolute Gasteiger partial charge is 0.493 e. The van der Waals surface area contributed by atoms with Gasteiger partial charge in [-0.1, -0.05) is 5.16 Å². The Hall–Kier alpha value is -2.67. The average Bonchev–Trinajstić information content (AvgIpc) is 3.40.